The number of anilines is 1. The topological polar surface area (TPSA) is 41.8 Å². The largest absolute Gasteiger partial charge is 0.398 e. The highest BCUT2D eigenvalue weighted by atomic mass is 14.7. The van der Waals surface area contributed by atoms with Gasteiger partial charge in [-0.2, -0.15) is 0 Å². The van der Waals surface area contributed by atoms with Crippen LogP contribution in [0.2, 0.25) is 0 Å². The van der Waals surface area contributed by atoms with Gasteiger partial charge in [0.15, 0.2) is 0 Å². The van der Waals surface area contributed by atoms with E-state index in [1.807, 2.05) is 36.5 Å². The Kier molecular flexibility index (Phi) is 1.81. The molecule has 0 aliphatic heterocycles. The normalized spacial score (nSPS) is 10.2. The second-order valence-electron chi connectivity index (χ2n) is 3.12. The summed E-state index contributed by atoms with van der Waals surface area (Å²) in [6, 6.07) is 9.91. The maximum Gasteiger partial charge on any atom is 0.0504 e. The molecule has 1 aromatic heterocycles. The van der Waals surface area contributed by atoms with Crippen LogP contribution in [0.4, 0.5) is 5.69 Å². The molecule has 2 nitrogen and oxygen atoms in total. The van der Waals surface area contributed by atoms with Crippen molar-refractivity contribution in [1.82, 2.24) is 4.98 Å². The fourth-order valence-electron chi connectivity index (χ4n) is 1.46. The van der Waals surface area contributed by atoms with Gasteiger partial charge < -0.3 is 10.7 Å². The summed E-state index contributed by atoms with van der Waals surface area (Å²) in [6.07, 6.45) is 1.93. The zero-order chi connectivity index (χ0) is 9.26. The van der Waals surface area contributed by atoms with Crippen LogP contribution < -0.4 is 5.73 Å². The fourth-order valence-corrected chi connectivity index (χ4v) is 1.46. The van der Waals surface area contributed by atoms with E-state index in [1.165, 1.54) is 5.56 Å². The van der Waals surface area contributed by atoms with Crippen LogP contribution in [0.5, 0.6) is 0 Å². The summed E-state index contributed by atoms with van der Waals surface area (Å²) >= 11 is 0. The molecule has 2 rings (SSSR count). The zero-order valence-corrected chi connectivity index (χ0v) is 7.54. The summed E-state index contributed by atoms with van der Waals surface area (Å²) in [6.45, 7) is 2.07. The molecule has 0 atom stereocenters. The average Bonchev–Trinajstić information content (AvgIpc) is 2.52. The Balaban J connectivity index is 2.59. The maximum absolute atomic E-state index is 5.86. The lowest BCUT2D eigenvalue weighted by Crippen LogP contribution is -1.90. The van der Waals surface area contributed by atoms with Crippen LogP contribution >= 0.6 is 0 Å². The molecule has 13 heavy (non-hydrogen) atoms. The number of nitrogens with two attached hydrogens (primary N) is 1. The second-order valence-corrected chi connectivity index (χ2v) is 3.12. The highest BCUT2D eigenvalue weighted by Crippen LogP contribution is 2.26. The van der Waals surface area contributed by atoms with Gasteiger partial charge in [0.2, 0.25) is 0 Å². The van der Waals surface area contributed by atoms with Crippen LogP contribution in [0.15, 0.2) is 36.5 Å². The predicted molar refractivity (Wildman–Crippen MR) is 55.4 cm³/mol. The SMILES string of the molecule is Cc1cc[nH]c1-c1ccccc1N. The molecule has 0 amide bonds. The lowest BCUT2D eigenvalue weighted by molar-refractivity contribution is 1.38. The van der Waals surface area contributed by atoms with Gasteiger partial charge in [0, 0.05) is 17.4 Å². The number of hydrogen-bond acceptors (Lipinski definition) is 1. The maximum atomic E-state index is 5.86. The van der Waals surface area contributed by atoms with E-state index in [2.05, 4.69) is 11.9 Å². The van der Waals surface area contributed by atoms with Crippen molar-refractivity contribution in [3.8, 4) is 11.3 Å². The standard InChI is InChI=1S/C11H12N2/c1-8-6-7-13-11(8)9-4-2-3-5-10(9)12/h2-7,13H,12H2,1H3. The monoisotopic (exact) mass is 172 g/mol. The van der Waals surface area contributed by atoms with E-state index in [4.69, 9.17) is 5.73 Å². The van der Waals surface area contributed by atoms with E-state index in [1.54, 1.807) is 0 Å². The van der Waals surface area contributed by atoms with Gasteiger partial charge in [0.25, 0.3) is 0 Å². The molecule has 2 aromatic rings. The number of aromatic nitrogens is 1. The van der Waals surface area contributed by atoms with Crippen LogP contribution in [0.25, 0.3) is 11.3 Å². The first kappa shape index (κ1) is 7.92. The Morgan fingerprint density at radius 2 is 1.92 bits per heavy atom. The summed E-state index contributed by atoms with van der Waals surface area (Å²) in [5.74, 6) is 0. The second kappa shape index (κ2) is 2.98. The van der Waals surface area contributed by atoms with Crippen molar-refractivity contribution in [2.24, 2.45) is 0 Å². The Morgan fingerprint density at radius 1 is 1.15 bits per heavy atom. The molecule has 0 unspecified atom stereocenters. The molecule has 2 heteroatoms. The Morgan fingerprint density at radius 3 is 2.54 bits per heavy atom. The van der Waals surface area contributed by atoms with Crippen molar-refractivity contribution in [1.29, 1.82) is 0 Å². The van der Waals surface area contributed by atoms with Crippen LogP contribution in [0.3, 0.4) is 0 Å². The van der Waals surface area contributed by atoms with Gasteiger partial charge in [-0.25, -0.2) is 0 Å². The van der Waals surface area contributed by atoms with E-state index in [0.29, 0.717) is 0 Å². The average molecular weight is 172 g/mol. The summed E-state index contributed by atoms with van der Waals surface area (Å²) in [5.41, 5.74) is 10.1. The molecule has 66 valence electrons. The highest BCUT2D eigenvalue weighted by Gasteiger charge is 2.04. The number of hydrogen-bond donors (Lipinski definition) is 2. The minimum absolute atomic E-state index is 0.813. The van der Waals surface area contributed by atoms with Gasteiger partial charge in [-0.1, -0.05) is 18.2 Å². The third kappa shape index (κ3) is 1.31. The van der Waals surface area contributed by atoms with Crippen molar-refractivity contribution in [2.45, 2.75) is 6.92 Å². The minimum atomic E-state index is 0.813. The molecule has 0 radical (unpaired) electrons. The van der Waals surface area contributed by atoms with Crippen molar-refractivity contribution < 1.29 is 0 Å². The zero-order valence-electron chi connectivity index (χ0n) is 7.54. The quantitative estimate of drug-likeness (QED) is 0.638. The van der Waals surface area contributed by atoms with Crippen LogP contribution in [0, 0.1) is 6.92 Å². The minimum Gasteiger partial charge on any atom is -0.398 e. The molecule has 3 N–H and O–H groups in total. The van der Waals surface area contributed by atoms with Gasteiger partial charge >= 0.3 is 0 Å². The van der Waals surface area contributed by atoms with Crippen LogP contribution in [-0.2, 0) is 0 Å². The molecule has 0 aliphatic rings. The van der Waals surface area contributed by atoms with Gasteiger partial charge in [0.05, 0.1) is 5.69 Å². The highest BCUT2D eigenvalue weighted by molar-refractivity contribution is 5.75. The lowest BCUT2D eigenvalue weighted by Gasteiger charge is -2.03. The number of aromatic amines is 1. The first-order valence-electron chi connectivity index (χ1n) is 4.28. The van der Waals surface area contributed by atoms with Gasteiger partial charge in [-0.15, -0.1) is 0 Å². The molecule has 0 saturated carbocycles. The molecule has 0 spiro atoms. The number of para-hydroxylation sites is 1. The van der Waals surface area contributed by atoms with Gasteiger partial charge in [-0.05, 0) is 24.6 Å². The van der Waals surface area contributed by atoms with Crippen molar-refractivity contribution in [3.63, 3.8) is 0 Å². The summed E-state index contributed by atoms with van der Waals surface area (Å²) in [5, 5.41) is 0. The van der Waals surface area contributed by atoms with E-state index in [0.717, 1.165) is 16.9 Å². The van der Waals surface area contributed by atoms with E-state index in [9.17, 15) is 0 Å². The van der Waals surface area contributed by atoms with Crippen molar-refractivity contribution in [2.75, 3.05) is 5.73 Å². The summed E-state index contributed by atoms with van der Waals surface area (Å²) in [4.78, 5) is 3.18. The third-order valence-electron chi connectivity index (χ3n) is 2.19. The molecule has 1 aromatic carbocycles. The van der Waals surface area contributed by atoms with Crippen molar-refractivity contribution in [3.05, 3.63) is 42.1 Å². The van der Waals surface area contributed by atoms with E-state index < -0.39 is 0 Å². The van der Waals surface area contributed by atoms with Crippen molar-refractivity contribution >= 4 is 5.69 Å². The van der Waals surface area contributed by atoms with Crippen LogP contribution in [-0.4, -0.2) is 4.98 Å². The number of rotatable bonds is 1. The Bertz CT molecular complexity index is 416. The smallest absolute Gasteiger partial charge is 0.0504 e. The summed E-state index contributed by atoms with van der Waals surface area (Å²) in [7, 11) is 0. The summed E-state index contributed by atoms with van der Waals surface area (Å²) < 4.78 is 0. The number of benzene rings is 1. The predicted octanol–water partition coefficient (Wildman–Crippen LogP) is 2.57. The number of nitrogen functional groups attached to an aromatic ring is 1. The van der Waals surface area contributed by atoms with Gasteiger partial charge in [0.1, 0.15) is 0 Å². The number of H-pyrrole nitrogens is 1. The number of aryl methyl sites for hydroxylation is 1. The first-order chi connectivity index (χ1) is 6.29. The van der Waals surface area contributed by atoms with Gasteiger partial charge in [-0.3, -0.25) is 0 Å². The van der Waals surface area contributed by atoms with E-state index >= 15 is 0 Å². The molecule has 0 fully saturated rings. The molecular weight excluding hydrogens is 160 g/mol. The molecule has 0 aliphatic carbocycles. The third-order valence-corrected chi connectivity index (χ3v) is 2.19. The van der Waals surface area contributed by atoms with E-state index in [-0.39, 0.29) is 0 Å². The molecule has 0 saturated heterocycles. The molecule has 0 bridgehead atoms. The lowest BCUT2D eigenvalue weighted by atomic mass is 10.1. The van der Waals surface area contributed by atoms with Crippen LogP contribution in [0.1, 0.15) is 5.56 Å². The Hall–Kier alpha value is -1.70. The first-order valence-corrected chi connectivity index (χ1v) is 4.28. The molecular formula is C11H12N2. The fraction of sp³-hybridized carbons (Fsp3) is 0.0909. The molecule has 1 heterocycles. The Labute approximate surface area is 77.4 Å². The number of nitrogens with one attached hydrogen (secondary N) is 1.